The van der Waals surface area contributed by atoms with Gasteiger partial charge in [0.1, 0.15) is 0 Å². The summed E-state index contributed by atoms with van der Waals surface area (Å²) in [7, 11) is 0. The molecule has 140 valence electrons. The molecule has 1 aliphatic heterocycles. The van der Waals surface area contributed by atoms with Gasteiger partial charge in [0.25, 0.3) is 5.56 Å². The average Bonchev–Trinajstić information content (AvgIpc) is 3.46. The molecule has 0 bridgehead atoms. The van der Waals surface area contributed by atoms with Gasteiger partial charge in [0, 0.05) is 43.8 Å². The number of carbonyl (C=O) groups excluding carboxylic acids is 1. The Kier molecular flexibility index (Phi) is 5.67. The van der Waals surface area contributed by atoms with E-state index in [1.165, 1.54) is 4.57 Å². The van der Waals surface area contributed by atoms with Gasteiger partial charge in [-0.05, 0) is 17.5 Å². The lowest BCUT2D eigenvalue weighted by Gasteiger charge is -2.15. The minimum absolute atomic E-state index is 0.0732. The number of aliphatic hydroxyl groups is 1. The Morgan fingerprint density at radius 3 is 2.81 bits per heavy atom. The van der Waals surface area contributed by atoms with Gasteiger partial charge in [-0.3, -0.25) is 9.59 Å². The maximum Gasteiger partial charge on any atom is 0.258 e. The van der Waals surface area contributed by atoms with Gasteiger partial charge in [0.05, 0.1) is 12.6 Å². The van der Waals surface area contributed by atoms with E-state index in [0.29, 0.717) is 24.6 Å². The number of amides is 1. The number of pyridine rings is 1. The van der Waals surface area contributed by atoms with Crippen molar-refractivity contribution >= 4 is 16.7 Å². The van der Waals surface area contributed by atoms with Crippen LogP contribution in [0.5, 0.6) is 0 Å². The molecule has 2 heterocycles. The molecule has 2 aromatic rings. The SMILES string of the molecule is C#CCCC1(CCC(=O)NCC(O)Cn2ccc3ccccc3c2=O)N=N1. The molecule has 7 nitrogen and oxygen atoms in total. The van der Waals surface area contributed by atoms with Crippen LogP contribution in [0, 0.1) is 12.3 Å². The number of hydrogen-bond acceptors (Lipinski definition) is 5. The lowest BCUT2D eigenvalue weighted by molar-refractivity contribution is -0.121. The molecule has 0 saturated carbocycles. The first-order valence-corrected chi connectivity index (χ1v) is 8.93. The summed E-state index contributed by atoms with van der Waals surface area (Å²) in [6, 6.07) is 9.13. The van der Waals surface area contributed by atoms with E-state index in [9.17, 15) is 14.7 Å². The van der Waals surface area contributed by atoms with Crippen LogP contribution in [0.15, 0.2) is 51.6 Å². The van der Waals surface area contributed by atoms with Crippen LogP contribution in [0.25, 0.3) is 10.8 Å². The van der Waals surface area contributed by atoms with Gasteiger partial charge in [0.2, 0.25) is 5.91 Å². The zero-order valence-electron chi connectivity index (χ0n) is 15.0. The first-order valence-electron chi connectivity index (χ1n) is 8.93. The highest BCUT2D eigenvalue weighted by Crippen LogP contribution is 2.37. The molecular weight excluding hydrogens is 344 g/mol. The summed E-state index contributed by atoms with van der Waals surface area (Å²) in [4.78, 5) is 24.4. The third-order valence-electron chi connectivity index (χ3n) is 4.63. The van der Waals surface area contributed by atoms with Crippen molar-refractivity contribution < 1.29 is 9.90 Å². The minimum atomic E-state index is -0.862. The zero-order chi connectivity index (χ0) is 19.3. The predicted octanol–water partition coefficient (Wildman–Crippen LogP) is 1.83. The second-order valence-electron chi connectivity index (χ2n) is 6.70. The van der Waals surface area contributed by atoms with Crippen molar-refractivity contribution in [3.63, 3.8) is 0 Å². The van der Waals surface area contributed by atoms with Gasteiger partial charge in [0.15, 0.2) is 5.66 Å². The fourth-order valence-corrected chi connectivity index (χ4v) is 2.97. The summed E-state index contributed by atoms with van der Waals surface area (Å²) in [6.45, 7) is 0.185. The van der Waals surface area contributed by atoms with E-state index < -0.39 is 11.8 Å². The van der Waals surface area contributed by atoms with Crippen molar-refractivity contribution in [3.05, 3.63) is 46.9 Å². The van der Waals surface area contributed by atoms with Gasteiger partial charge in [-0.25, -0.2) is 0 Å². The van der Waals surface area contributed by atoms with E-state index in [1.54, 1.807) is 18.3 Å². The largest absolute Gasteiger partial charge is 0.389 e. The van der Waals surface area contributed by atoms with Crippen molar-refractivity contribution in [2.45, 2.75) is 44.0 Å². The molecule has 0 radical (unpaired) electrons. The van der Waals surface area contributed by atoms with Crippen LogP contribution in [-0.4, -0.2) is 33.9 Å². The van der Waals surface area contributed by atoms with E-state index in [1.807, 2.05) is 18.2 Å². The van der Waals surface area contributed by atoms with E-state index in [2.05, 4.69) is 21.5 Å². The Balaban J connectivity index is 1.46. The molecule has 0 aliphatic carbocycles. The Hall–Kier alpha value is -2.98. The molecule has 2 N–H and O–H groups in total. The summed E-state index contributed by atoms with van der Waals surface area (Å²) in [6.07, 6.45) is 8.04. The topological polar surface area (TPSA) is 96.0 Å². The molecule has 27 heavy (non-hydrogen) atoms. The molecule has 0 fully saturated rings. The van der Waals surface area contributed by atoms with Gasteiger partial charge in [-0.1, -0.05) is 18.2 Å². The third kappa shape index (κ3) is 4.80. The minimum Gasteiger partial charge on any atom is -0.389 e. The number of aliphatic hydroxyl groups excluding tert-OH is 1. The highest BCUT2D eigenvalue weighted by atomic mass is 16.3. The molecule has 3 rings (SSSR count). The molecule has 1 aromatic carbocycles. The average molecular weight is 366 g/mol. The monoisotopic (exact) mass is 366 g/mol. The smallest absolute Gasteiger partial charge is 0.258 e. The van der Waals surface area contributed by atoms with Crippen LogP contribution in [-0.2, 0) is 11.3 Å². The molecule has 1 aromatic heterocycles. The fraction of sp³-hybridized carbons (Fsp3) is 0.400. The number of benzene rings is 1. The number of nitrogens with one attached hydrogen (secondary N) is 1. The fourth-order valence-electron chi connectivity index (χ4n) is 2.97. The highest BCUT2D eigenvalue weighted by molar-refractivity contribution is 5.81. The van der Waals surface area contributed by atoms with Crippen LogP contribution < -0.4 is 10.9 Å². The van der Waals surface area contributed by atoms with Crippen LogP contribution in [0.4, 0.5) is 0 Å². The summed E-state index contributed by atoms with van der Waals surface area (Å²) in [5.41, 5.74) is -0.647. The first kappa shape index (κ1) is 18.8. The van der Waals surface area contributed by atoms with Gasteiger partial charge < -0.3 is 15.0 Å². The molecular formula is C20H22N4O3. The Labute approximate surface area is 157 Å². The lowest BCUT2D eigenvalue weighted by Crippen LogP contribution is -2.36. The summed E-state index contributed by atoms with van der Waals surface area (Å²) in [5.74, 6) is 2.37. The van der Waals surface area contributed by atoms with Gasteiger partial charge in [-0.15, -0.1) is 12.3 Å². The van der Waals surface area contributed by atoms with Crippen LogP contribution in [0.3, 0.4) is 0 Å². The summed E-state index contributed by atoms with van der Waals surface area (Å²) in [5, 5.41) is 22.3. The standard InChI is InChI=1S/C20H22N4O3/c1-2-3-10-20(22-23-20)11-8-18(26)21-13-16(25)14-24-12-9-15-6-4-5-7-17(15)19(24)27/h1,4-7,9,12,16,25H,3,8,10-11,13-14H2,(H,21,26). The van der Waals surface area contributed by atoms with E-state index >= 15 is 0 Å². The van der Waals surface area contributed by atoms with Crippen LogP contribution >= 0.6 is 0 Å². The number of fused-ring (bicyclic) bond motifs is 1. The highest BCUT2D eigenvalue weighted by Gasteiger charge is 2.39. The molecule has 1 atom stereocenters. The second kappa shape index (κ2) is 8.14. The van der Waals surface area contributed by atoms with Crippen molar-refractivity contribution in [1.82, 2.24) is 9.88 Å². The number of nitrogens with zero attached hydrogens (tertiary/aromatic N) is 3. The van der Waals surface area contributed by atoms with E-state index in [4.69, 9.17) is 6.42 Å². The number of hydrogen-bond donors (Lipinski definition) is 2. The number of terminal acetylenes is 1. The normalized spacial score (nSPS) is 15.3. The van der Waals surface area contributed by atoms with Crippen LogP contribution in [0.2, 0.25) is 0 Å². The predicted molar refractivity (Wildman–Crippen MR) is 102 cm³/mol. The summed E-state index contributed by atoms with van der Waals surface area (Å²) < 4.78 is 1.45. The number of carbonyl (C=O) groups is 1. The Bertz CT molecular complexity index is 952. The number of aromatic nitrogens is 1. The van der Waals surface area contributed by atoms with Gasteiger partial charge in [-0.2, -0.15) is 10.2 Å². The number of rotatable bonds is 9. The zero-order valence-corrected chi connectivity index (χ0v) is 15.0. The van der Waals surface area contributed by atoms with Gasteiger partial charge >= 0.3 is 0 Å². The van der Waals surface area contributed by atoms with Crippen LogP contribution in [0.1, 0.15) is 25.7 Å². The molecule has 0 spiro atoms. The Morgan fingerprint density at radius 2 is 2.07 bits per heavy atom. The van der Waals surface area contributed by atoms with E-state index in [-0.39, 0.29) is 31.0 Å². The van der Waals surface area contributed by atoms with Crippen molar-refractivity contribution in [2.24, 2.45) is 10.2 Å². The molecule has 1 unspecified atom stereocenters. The van der Waals surface area contributed by atoms with Crippen molar-refractivity contribution in [1.29, 1.82) is 0 Å². The lowest BCUT2D eigenvalue weighted by atomic mass is 10.0. The molecule has 7 heteroatoms. The first-order chi connectivity index (χ1) is 13.0. The second-order valence-corrected chi connectivity index (χ2v) is 6.70. The maximum absolute atomic E-state index is 12.4. The van der Waals surface area contributed by atoms with E-state index in [0.717, 1.165) is 5.39 Å². The maximum atomic E-state index is 12.4. The molecule has 0 saturated heterocycles. The molecule has 1 amide bonds. The summed E-state index contributed by atoms with van der Waals surface area (Å²) >= 11 is 0. The molecule has 1 aliphatic rings. The van der Waals surface area contributed by atoms with Crippen molar-refractivity contribution in [2.75, 3.05) is 6.54 Å². The van der Waals surface area contributed by atoms with Crippen molar-refractivity contribution in [3.8, 4) is 12.3 Å². The third-order valence-corrected chi connectivity index (χ3v) is 4.63. The quantitative estimate of drug-likeness (QED) is 0.663. The Morgan fingerprint density at radius 1 is 1.30 bits per heavy atom.